The number of hydrogen-bond acceptors (Lipinski definition) is 2. The Balaban J connectivity index is 3.29. The van der Waals surface area contributed by atoms with Gasteiger partial charge in [-0.05, 0) is 11.6 Å². The molecule has 0 radical (unpaired) electrons. The van der Waals surface area contributed by atoms with Crippen LogP contribution in [0.5, 0.6) is 0 Å². The van der Waals surface area contributed by atoms with E-state index in [0.717, 1.165) is 12.1 Å². The highest BCUT2D eigenvalue weighted by Crippen LogP contribution is 2.31. The summed E-state index contributed by atoms with van der Waals surface area (Å²) in [6.45, 7) is -0.484. The Morgan fingerprint density at radius 2 is 2.00 bits per heavy atom. The van der Waals surface area contributed by atoms with Gasteiger partial charge in [0.25, 0.3) is 0 Å². The van der Waals surface area contributed by atoms with Crippen LogP contribution in [0.3, 0.4) is 0 Å². The topological polar surface area (TPSA) is 37.3 Å². The summed E-state index contributed by atoms with van der Waals surface area (Å²) in [6, 6.07) is 3.09. The van der Waals surface area contributed by atoms with Crippen LogP contribution in [-0.4, -0.2) is 11.4 Å². The minimum Gasteiger partial charge on any atom is -0.392 e. The van der Waals surface area contributed by atoms with Gasteiger partial charge in [-0.25, -0.2) is 0 Å². The van der Waals surface area contributed by atoms with Crippen molar-refractivity contribution in [3.63, 3.8) is 0 Å². The maximum Gasteiger partial charge on any atom is 0.417 e. The lowest BCUT2D eigenvalue weighted by Gasteiger charge is -2.10. The van der Waals surface area contributed by atoms with E-state index in [4.69, 9.17) is 5.11 Å². The zero-order valence-corrected chi connectivity index (χ0v) is 7.01. The van der Waals surface area contributed by atoms with Crippen molar-refractivity contribution in [3.05, 3.63) is 34.9 Å². The van der Waals surface area contributed by atoms with Gasteiger partial charge in [0.15, 0.2) is 6.29 Å². The lowest BCUT2D eigenvalue weighted by atomic mass is 10.0. The lowest BCUT2D eigenvalue weighted by molar-refractivity contribution is -0.137. The molecule has 0 unspecified atom stereocenters. The number of carbonyl (C=O) groups is 1. The Morgan fingerprint density at radius 3 is 2.43 bits per heavy atom. The predicted octanol–water partition coefficient (Wildman–Crippen LogP) is 2.01. The van der Waals surface area contributed by atoms with Gasteiger partial charge in [0.2, 0.25) is 0 Å². The van der Waals surface area contributed by atoms with Crippen LogP contribution in [0.25, 0.3) is 0 Å². The van der Waals surface area contributed by atoms with Gasteiger partial charge in [0.05, 0.1) is 12.2 Å². The summed E-state index contributed by atoms with van der Waals surface area (Å²) in [5.74, 6) is 0. The molecule has 0 aromatic heterocycles. The molecule has 0 amide bonds. The zero-order chi connectivity index (χ0) is 10.8. The molecule has 14 heavy (non-hydrogen) atoms. The standard InChI is InChI=1S/C9H7F3O2/c10-9(11,12)8-3-6(4-13)1-2-7(8)5-14/h1-3,5,13H,4H2. The summed E-state index contributed by atoms with van der Waals surface area (Å²) < 4.78 is 36.9. The van der Waals surface area contributed by atoms with E-state index in [9.17, 15) is 18.0 Å². The van der Waals surface area contributed by atoms with E-state index >= 15 is 0 Å². The number of rotatable bonds is 2. The van der Waals surface area contributed by atoms with Gasteiger partial charge in [-0.15, -0.1) is 0 Å². The fraction of sp³-hybridized carbons (Fsp3) is 0.222. The molecule has 0 aliphatic heterocycles. The molecule has 1 aromatic carbocycles. The van der Waals surface area contributed by atoms with E-state index in [0.29, 0.717) is 0 Å². The summed E-state index contributed by atoms with van der Waals surface area (Å²) in [5.41, 5.74) is -1.31. The number of alkyl halides is 3. The minimum atomic E-state index is -4.57. The van der Waals surface area contributed by atoms with E-state index in [-0.39, 0.29) is 11.8 Å². The molecule has 0 atom stereocenters. The Morgan fingerprint density at radius 1 is 1.36 bits per heavy atom. The molecular weight excluding hydrogens is 197 g/mol. The van der Waals surface area contributed by atoms with Crippen LogP contribution in [0.1, 0.15) is 21.5 Å². The van der Waals surface area contributed by atoms with Crippen molar-refractivity contribution < 1.29 is 23.1 Å². The van der Waals surface area contributed by atoms with Crippen molar-refractivity contribution in [2.45, 2.75) is 12.8 Å². The van der Waals surface area contributed by atoms with Gasteiger partial charge in [-0.3, -0.25) is 4.79 Å². The summed E-state index contributed by atoms with van der Waals surface area (Å²) >= 11 is 0. The molecule has 76 valence electrons. The Kier molecular flexibility index (Phi) is 2.90. The van der Waals surface area contributed by atoms with E-state index < -0.39 is 23.9 Å². The van der Waals surface area contributed by atoms with Gasteiger partial charge in [-0.1, -0.05) is 12.1 Å². The Hall–Kier alpha value is -1.36. The predicted molar refractivity (Wildman–Crippen MR) is 42.8 cm³/mol. The fourth-order valence-electron chi connectivity index (χ4n) is 1.05. The first-order chi connectivity index (χ1) is 6.49. The molecule has 1 N–H and O–H groups in total. The van der Waals surface area contributed by atoms with Crippen molar-refractivity contribution in [2.75, 3.05) is 0 Å². The average molecular weight is 204 g/mol. The third kappa shape index (κ3) is 2.11. The molecule has 1 rings (SSSR count). The van der Waals surface area contributed by atoms with Gasteiger partial charge >= 0.3 is 6.18 Å². The first-order valence-electron chi connectivity index (χ1n) is 3.75. The Labute approximate surface area is 78.0 Å². The normalized spacial score (nSPS) is 11.4. The van der Waals surface area contributed by atoms with Crippen molar-refractivity contribution >= 4 is 6.29 Å². The highest BCUT2D eigenvalue weighted by atomic mass is 19.4. The van der Waals surface area contributed by atoms with Crippen molar-refractivity contribution in [3.8, 4) is 0 Å². The molecule has 0 bridgehead atoms. The fourth-order valence-corrected chi connectivity index (χ4v) is 1.05. The second-order valence-corrected chi connectivity index (χ2v) is 2.70. The van der Waals surface area contributed by atoms with Gasteiger partial charge < -0.3 is 5.11 Å². The molecule has 0 fully saturated rings. The first kappa shape index (κ1) is 10.7. The highest BCUT2D eigenvalue weighted by molar-refractivity contribution is 5.77. The number of benzene rings is 1. The monoisotopic (exact) mass is 204 g/mol. The van der Waals surface area contributed by atoms with Gasteiger partial charge in [0.1, 0.15) is 0 Å². The van der Waals surface area contributed by atoms with Crippen LogP contribution in [0.2, 0.25) is 0 Å². The molecule has 0 spiro atoms. The molecule has 0 aliphatic carbocycles. The quantitative estimate of drug-likeness (QED) is 0.748. The van der Waals surface area contributed by atoms with Crippen LogP contribution >= 0.6 is 0 Å². The zero-order valence-electron chi connectivity index (χ0n) is 7.01. The number of aliphatic hydroxyl groups excluding tert-OH is 1. The van der Waals surface area contributed by atoms with Gasteiger partial charge in [0, 0.05) is 5.56 Å². The first-order valence-corrected chi connectivity index (χ1v) is 3.75. The summed E-state index contributed by atoms with van der Waals surface area (Å²) in [6.07, 6.45) is -4.43. The number of aldehydes is 1. The molecule has 0 aliphatic rings. The van der Waals surface area contributed by atoms with E-state index in [1.165, 1.54) is 6.07 Å². The number of aliphatic hydroxyl groups is 1. The third-order valence-electron chi connectivity index (χ3n) is 1.73. The largest absolute Gasteiger partial charge is 0.417 e. The average Bonchev–Trinajstić information content (AvgIpc) is 2.15. The Bertz CT molecular complexity index is 344. The molecule has 2 nitrogen and oxygen atoms in total. The smallest absolute Gasteiger partial charge is 0.392 e. The molecule has 5 heteroatoms. The summed E-state index contributed by atoms with van der Waals surface area (Å²) in [5, 5.41) is 8.64. The number of hydrogen-bond donors (Lipinski definition) is 1. The number of carbonyl (C=O) groups excluding carboxylic acids is 1. The maximum atomic E-state index is 12.3. The van der Waals surface area contributed by atoms with Crippen LogP contribution in [0.15, 0.2) is 18.2 Å². The van der Waals surface area contributed by atoms with Crippen LogP contribution < -0.4 is 0 Å². The lowest BCUT2D eigenvalue weighted by Crippen LogP contribution is -2.09. The molecule has 1 aromatic rings. The molecule has 0 saturated heterocycles. The third-order valence-corrected chi connectivity index (χ3v) is 1.73. The highest BCUT2D eigenvalue weighted by Gasteiger charge is 2.33. The van der Waals surface area contributed by atoms with Crippen molar-refractivity contribution in [1.29, 1.82) is 0 Å². The van der Waals surface area contributed by atoms with Crippen molar-refractivity contribution in [1.82, 2.24) is 0 Å². The second kappa shape index (κ2) is 3.79. The maximum absolute atomic E-state index is 12.3. The second-order valence-electron chi connectivity index (χ2n) is 2.70. The summed E-state index contributed by atoms with van der Waals surface area (Å²) in [7, 11) is 0. The molecule has 0 saturated carbocycles. The van der Waals surface area contributed by atoms with Crippen molar-refractivity contribution in [2.24, 2.45) is 0 Å². The van der Waals surface area contributed by atoms with Crippen LogP contribution in [0, 0.1) is 0 Å². The van der Waals surface area contributed by atoms with Gasteiger partial charge in [-0.2, -0.15) is 13.2 Å². The minimum absolute atomic E-state index is 0.128. The van der Waals surface area contributed by atoms with E-state index in [1.54, 1.807) is 0 Å². The number of halogens is 3. The molecule has 0 heterocycles. The van der Waals surface area contributed by atoms with Crippen LogP contribution in [0.4, 0.5) is 13.2 Å². The van der Waals surface area contributed by atoms with E-state index in [2.05, 4.69) is 0 Å². The SMILES string of the molecule is O=Cc1ccc(CO)cc1C(F)(F)F. The summed E-state index contributed by atoms with van der Waals surface area (Å²) in [4.78, 5) is 10.3. The van der Waals surface area contributed by atoms with Crippen LogP contribution in [-0.2, 0) is 12.8 Å². The molecular formula is C9H7F3O2. The van der Waals surface area contributed by atoms with E-state index in [1.807, 2.05) is 0 Å².